The number of piperazine rings is 1. The van der Waals surface area contributed by atoms with Crippen molar-refractivity contribution in [2.45, 2.75) is 39.7 Å². The van der Waals surface area contributed by atoms with E-state index in [0.29, 0.717) is 19.5 Å². The van der Waals surface area contributed by atoms with Crippen LogP contribution in [0.4, 0.5) is 5.69 Å². The number of anilines is 1. The Balaban J connectivity index is 2.03. The lowest BCUT2D eigenvalue weighted by molar-refractivity contribution is -0.140. The maximum Gasteiger partial charge on any atom is 0.246 e. The van der Waals surface area contributed by atoms with Gasteiger partial charge in [-0.1, -0.05) is 31.0 Å². The fraction of sp³-hybridized carbons (Fsp3) is 0.500. The highest BCUT2D eigenvalue weighted by molar-refractivity contribution is 5.99. The number of hydrogen-bond donors (Lipinski definition) is 1. The first-order valence-electron chi connectivity index (χ1n) is 8.35. The zero-order chi connectivity index (χ0) is 17.7. The van der Waals surface area contributed by atoms with Crippen molar-refractivity contribution >= 4 is 23.4 Å². The van der Waals surface area contributed by atoms with Gasteiger partial charge < -0.3 is 15.1 Å². The number of aryl methyl sites for hydroxylation is 1. The minimum Gasteiger partial charge on any atom is -0.345 e. The molecule has 6 nitrogen and oxygen atoms in total. The summed E-state index contributed by atoms with van der Waals surface area (Å²) < 4.78 is 0. The van der Waals surface area contributed by atoms with Gasteiger partial charge in [0.05, 0.1) is 0 Å². The van der Waals surface area contributed by atoms with E-state index >= 15 is 0 Å². The minimum atomic E-state index is -0.550. The van der Waals surface area contributed by atoms with Crippen LogP contribution in [-0.2, 0) is 14.4 Å². The molecular weight excluding hydrogens is 306 g/mol. The molecule has 130 valence electrons. The van der Waals surface area contributed by atoms with Crippen LogP contribution in [0.3, 0.4) is 0 Å². The van der Waals surface area contributed by atoms with Crippen molar-refractivity contribution in [2.24, 2.45) is 0 Å². The van der Waals surface area contributed by atoms with Crippen LogP contribution < -0.4 is 10.2 Å². The Hall–Kier alpha value is -2.37. The van der Waals surface area contributed by atoms with Gasteiger partial charge in [-0.2, -0.15) is 0 Å². The summed E-state index contributed by atoms with van der Waals surface area (Å²) in [6.45, 7) is 6.34. The Labute approximate surface area is 142 Å². The average molecular weight is 331 g/mol. The largest absolute Gasteiger partial charge is 0.345 e. The SMILES string of the molecule is CCC[C@H](NC(C)=O)C(=O)N1CCN(c2ccc(C)cc2)C(=O)C1. The minimum absolute atomic E-state index is 0.0481. The van der Waals surface area contributed by atoms with E-state index in [1.807, 2.05) is 38.1 Å². The van der Waals surface area contributed by atoms with Gasteiger partial charge in [-0.15, -0.1) is 0 Å². The van der Waals surface area contributed by atoms with Crippen molar-refractivity contribution in [1.82, 2.24) is 10.2 Å². The van der Waals surface area contributed by atoms with E-state index in [4.69, 9.17) is 0 Å². The number of nitrogens with zero attached hydrogens (tertiary/aromatic N) is 2. The Bertz CT molecular complexity index is 612. The van der Waals surface area contributed by atoms with Crippen molar-refractivity contribution < 1.29 is 14.4 Å². The van der Waals surface area contributed by atoms with E-state index in [2.05, 4.69) is 5.32 Å². The Morgan fingerprint density at radius 3 is 2.42 bits per heavy atom. The van der Waals surface area contributed by atoms with Gasteiger partial charge in [-0.3, -0.25) is 14.4 Å². The number of amides is 3. The number of carbonyl (C=O) groups is 3. The molecule has 3 amide bonds. The van der Waals surface area contributed by atoms with E-state index in [9.17, 15) is 14.4 Å². The van der Waals surface area contributed by atoms with Crippen molar-refractivity contribution in [3.05, 3.63) is 29.8 Å². The second-order valence-electron chi connectivity index (χ2n) is 6.18. The highest BCUT2D eigenvalue weighted by atomic mass is 16.2. The molecule has 1 fully saturated rings. The predicted molar refractivity (Wildman–Crippen MR) is 92.6 cm³/mol. The normalized spacial score (nSPS) is 16.0. The first kappa shape index (κ1) is 18.0. The molecule has 1 aromatic rings. The number of nitrogens with one attached hydrogen (secondary N) is 1. The number of benzene rings is 1. The van der Waals surface area contributed by atoms with Gasteiger partial charge in [0.15, 0.2) is 0 Å². The molecule has 1 aromatic carbocycles. The Kier molecular flexibility index (Phi) is 5.95. The lowest BCUT2D eigenvalue weighted by atomic mass is 10.1. The van der Waals surface area contributed by atoms with Crippen LogP contribution in [0.25, 0.3) is 0 Å². The van der Waals surface area contributed by atoms with Crippen LogP contribution in [-0.4, -0.2) is 48.3 Å². The second-order valence-corrected chi connectivity index (χ2v) is 6.18. The third kappa shape index (κ3) is 4.34. The van der Waals surface area contributed by atoms with E-state index in [1.54, 1.807) is 9.80 Å². The molecule has 1 N–H and O–H groups in total. The van der Waals surface area contributed by atoms with Crippen LogP contribution in [0, 0.1) is 6.92 Å². The van der Waals surface area contributed by atoms with Crippen LogP contribution in [0.15, 0.2) is 24.3 Å². The topological polar surface area (TPSA) is 69.7 Å². The molecule has 1 heterocycles. The maximum atomic E-state index is 12.6. The molecule has 0 aromatic heterocycles. The summed E-state index contributed by atoms with van der Waals surface area (Å²) >= 11 is 0. The zero-order valence-corrected chi connectivity index (χ0v) is 14.5. The van der Waals surface area contributed by atoms with E-state index in [1.165, 1.54) is 6.92 Å². The Morgan fingerprint density at radius 1 is 1.21 bits per heavy atom. The van der Waals surface area contributed by atoms with Crippen LogP contribution in [0.2, 0.25) is 0 Å². The summed E-state index contributed by atoms with van der Waals surface area (Å²) in [5.74, 6) is -0.507. The highest BCUT2D eigenvalue weighted by Crippen LogP contribution is 2.18. The lowest BCUT2D eigenvalue weighted by Gasteiger charge is -2.36. The molecule has 0 unspecified atom stereocenters. The second kappa shape index (κ2) is 7.95. The summed E-state index contributed by atoms with van der Waals surface area (Å²) in [6, 6.07) is 7.22. The van der Waals surface area contributed by atoms with E-state index in [-0.39, 0.29) is 24.3 Å². The summed E-state index contributed by atoms with van der Waals surface area (Å²) in [7, 11) is 0. The molecule has 2 rings (SSSR count). The van der Waals surface area contributed by atoms with Crippen LogP contribution >= 0.6 is 0 Å². The molecule has 6 heteroatoms. The van der Waals surface area contributed by atoms with Gasteiger partial charge in [0.25, 0.3) is 0 Å². The molecule has 1 aliphatic heterocycles. The lowest BCUT2D eigenvalue weighted by Crippen LogP contribution is -2.57. The zero-order valence-electron chi connectivity index (χ0n) is 14.5. The molecular formula is C18H25N3O3. The summed E-state index contributed by atoms with van der Waals surface area (Å²) in [5.41, 5.74) is 1.99. The monoisotopic (exact) mass is 331 g/mol. The molecule has 0 spiro atoms. The van der Waals surface area contributed by atoms with Gasteiger partial charge in [-0.05, 0) is 25.5 Å². The van der Waals surface area contributed by atoms with E-state index in [0.717, 1.165) is 17.7 Å². The third-order valence-electron chi connectivity index (χ3n) is 4.13. The molecule has 1 saturated heterocycles. The van der Waals surface area contributed by atoms with Gasteiger partial charge in [-0.25, -0.2) is 0 Å². The fourth-order valence-corrected chi connectivity index (χ4v) is 2.87. The third-order valence-corrected chi connectivity index (χ3v) is 4.13. The van der Waals surface area contributed by atoms with Crippen molar-refractivity contribution in [3.8, 4) is 0 Å². The van der Waals surface area contributed by atoms with Gasteiger partial charge in [0.1, 0.15) is 12.6 Å². The molecule has 1 aliphatic rings. The van der Waals surface area contributed by atoms with Crippen LogP contribution in [0.5, 0.6) is 0 Å². The number of hydrogen-bond acceptors (Lipinski definition) is 3. The molecule has 0 saturated carbocycles. The quantitative estimate of drug-likeness (QED) is 0.888. The first-order valence-corrected chi connectivity index (χ1v) is 8.35. The average Bonchev–Trinajstić information content (AvgIpc) is 2.54. The Morgan fingerprint density at radius 2 is 1.88 bits per heavy atom. The summed E-state index contributed by atoms with van der Waals surface area (Å²) in [4.78, 5) is 39.6. The number of rotatable bonds is 5. The predicted octanol–water partition coefficient (Wildman–Crippen LogP) is 1.48. The molecule has 1 atom stereocenters. The van der Waals surface area contributed by atoms with Gasteiger partial charge >= 0.3 is 0 Å². The first-order chi connectivity index (χ1) is 11.4. The number of carbonyl (C=O) groups excluding carboxylic acids is 3. The standard InChI is InChI=1S/C18H25N3O3/c1-4-5-16(19-14(3)22)18(24)20-10-11-21(17(23)12-20)15-8-6-13(2)7-9-15/h6-9,16H,4-5,10-12H2,1-3H3,(H,19,22)/t16-/m0/s1. The van der Waals surface area contributed by atoms with Gasteiger partial charge in [0.2, 0.25) is 17.7 Å². The smallest absolute Gasteiger partial charge is 0.246 e. The summed E-state index contributed by atoms with van der Waals surface area (Å²) in [5, 5.41) is 2.69. The van der Waals surface area contributed by atoms with Crippen LogP contribution in [0.1, 0.15) is 32.3 Å². The molecule has 0 bridgehead atoms. The molecule has 0 radical (unpaired) electrons. The van der Waals surface area contributed by atoms with E-state index < -0.39 is 6.04 Å². The summed E-state index contributed by atoms with van der Waals surface area (Å²) in [6.07, 6.45) is 1.36. The van der Waals surface area contributed by atoms with Gasteiger partial charge in [0, 0.05) is 25.7 Å². The van der Waals surface area contributed by atoms with Crippen molar-refractivity contribution in [3.63, 3.8) is 0 Å². The van der Waals surface area contributed by atoms with Crippen molar-refractivity contribution in [2.75, 3.05) is 24.5 Å². The molecule has 0 aliphatic carbocycles. The molecule has 24 heavy (non-hydrogen) atoms. The highest BCUT2D eigenvalue weighted by Gasteiger charge is 2.31. The fourth-order valence-electron chi connectivity index (χ4n) is 2.87. The maximum absolute atomic E-state index is 12.6. The van der Waals surface area contributed by atoms with Crippen molar-refractivity contribution in [1.29, 1.82) is 0 Å².